The van der Waals surface area contributed by atoms with Crippen molar-refractivity contribution in [3.8, 4) is 0 Å². The highest BCUT2D eigenvalue weighted by Crippen LogP contribution is 2.06. The minimum Gasteiger partial charge on any atom is -0.383 e. The summed E-state index contributed by atoms with van der Waals surface area (Å²) >= 11 is 3.35. The van der Waals surface area contributed by atoms with Crippen LogP contribution in [0.15, 0.2) is 18.5 Å². The van der Waals surface area contributed by atoms with Crippen LogP contribution in [0.25, 0.3) is 0 Å². The fourth-order valence-corrected chi connectivity index (χ4v) is 1.90. The Morgan fingerprint density at radius 1 is 1.47 bits per heavy atom. The van der Waals surface area contributed by atoms with Crippen LogP contribution in [-0.4, -0.2) is 47.9 Å². The number of alkyl halides is 1. The zero-order valence-corrected chi connectivity index (χ0v) is 11.7. The van der Waals surface area contributed by atoms with Gasteiger partial charge in [0.1, 0.15) is 0 Å². The fraction of sp³-hybridized carbons (Fsp3) is 0.500. The summed E-state index contributed by atoms with van der Waals surface area (Å²) < 4.78 is 5.00. The summed E-state index contributed by atoms with van der Waals surface area (Å²) in [5, 5.41) is 0.752. The molecule has 0 aromatic carbocycles. The van der Waals surface area contributed by atoms with Gasteiger partial charge in [0.15, 0.2) is 0 Å². The van der Waals surface area contributed by atoms with E-state index in [1.165, 1.54) is 0 Å². The zero-order valence-electron chi connectivity index (χ0n) is 10.1. The van der Waals surface area contributed by atoms with E-state index in [1.54, 1.807) is 24.4 Å². The molecule has 1 aromatic heterocycles. The predicted octanol–water partition coefficient (Wildman–Crippen LogP) is 1.87. The average Bonchev–Trinajstić information content (AvgIpc) is 2.33. The van der Waals surface area contributed by atoms with Crippen LogP contribution >= 0.6 is 15.9 Å². The van der Waals surface area contributed by atoms with E-state index in [2.05, 4.69) is 20.9 Å². The number of ether oxygens (including phenoxy) is 1. The lowest BCUT2D eigenvalue weighted by molar-refractivity contribution is 0.0708. The van der Waals surface area contributed by atoms with Crippen molar-refractivity contribution in [1.82, 2.24) is 9.88 Å². The molecule has 0 spiro atoms. The molecule has 0 radical (unpaired) electrons. The molecule has 1 rings (SSSR count). The predicted molar refractivity (Wildman–Crippen MR) is 70.5 cm³/mol. The molecule has 0 saturated heterocycles. The second-order valence-corrected chi connectivity index (χ2v) is 4.52. The number of nitrogens with zero attached hydrogens (tertiary/aromatic N) is 2. The Balaban J connectivity index is 2.76. The standard InChI is InChI=1S/C12H17BrN2O2/c1-10-7-11(9-14-8-10)12(16)15(4-3-13)5-6-17-2/h7-9H,3-6H2,1-2H3. The molecule has 5 heteroatoms. The maximum absolute atomic E-state index is 12.2. The molecule has 0 aliphatic carbocycles. The number of aryl methyl sites for hydroxylation is 1. The summed E-state index contributed by atoms with van der Waals surface area (Å²) in [6.45, 7) is 3.72. The molecule has 0 aliphatic rings. The van der Waals surface area contributed by atoms with Crippen LogP contribution in [-0.2, 0) is 4.74 Å². The largest absolute Gasteiger partial charge is 0.383 e. The zero-order chi connectivity index (χ0) is 12.7. The number of carbonyl (C=O) groups excluding carboxylic acids is 1. The van der Waals surface area contributed by atoms with Gasteiger partial charge in [-0.05, 0) is 18.6 Å². The molecule has 4 nitrogen and oxygen atoms in total. The van der Waals surface area contributed by atoms with Gasteiger partial charge in [0.2, 0.25) is 0 Å². The van der Waals surface area contributed by atoms with Gasteiger partial charge < -0.3 is 9.64 Å². The number of amides is 1. The van der Waals surface area contributed by atoms with Gasteiger partial charge in [-0.2, -0.15) is 0 Å². The highest BCUT2D eigenvalue weighted by atomic mass is 79.9. The molecule has 0 bridgehead atoms. The van der Waals surface area contributed by atoms with Gasteiger partial charge in [0.05, 0.1) is 12.2 Å². The number of hydrogen-bond donors (Lipinski definition) is 0. The molecule has 0 fully saturated rings. The van der Waals surface area contributed by atoms with Crippen molar-refractivity contribution in [3.05, 3.63) is 29.6 Å². The summed E-state index contributed by atoms with van der Waals surface area (Å²) in [7, 11) is 1.63. The minimum absolute atomic E-state index is 0.00213. The maximum atomic E-state index is 12.2. The van der Waals surface area contributed by atoms with Gasteiger partial charge in [-0.25, -0.2) is 0 Å². The van der Waals surface area contributed by atoms with Gasteiger partial charge in [0, 0.05) is 37.9 Å². The Morgan fingerprint density at radius 2 is 2.24 bits per heavy atom. The summed E-state index contributed by atoms with van der Waals surface area (Å²) in [5.41, 5.74) is 1.61. The molecular weight excluding hydrogens is 284 g/mol. The van der Waals surface area contributed by atoms with Gasteiger partial charge in [-0.3, -0.25) is 9.78 Å². The monoisotopic (exact) mass is 300 g/mol. The fourth-order valence-electron chi connectivity index (χ4n) is 1.47. The van der Waals surface area contributed by atoms with Gasteiger partial charge in [-0.15, -0.1) is 0 Å². The highest BCUT2D eigenvalue weighted by Gasteiger charge is 2.15. The van der Waals surface area contributed by atoms with Crippen LogP contribution in [0.2, 0.25) is 0 Å². The molecule has 0 unspecified atom stereocenters. The quantitative estimate of drug-likeness (QED) is 0.753. The SMILES string of the molecule is COCCN(CCBr)C(=O)c1cncc(C)c1. The number of hydrogen-bond acceptors (Lipinski definition) is 3. The lowest BCUT2D eigenvalue weighted by Crippen LogP contribution is -2.35. The summed E-state index contributed by atoms with van der Waals surface area (Å²) in [6, 6.07) is 1.85. The molecule has 17 heavy (non-hydrogen) atoms. The summed E-state index contributed by atoms with van der Waals surface area (Å²) in [4.78, 5) is 18.0. The Bertz CT molecular complexity index is 371. The Kier molecular flexibility index (Phi) is 6.15. The number of rotatable bonds is 6. The topological polar surface area (TPSA) is 42.4 Å². The van der Waals surface area contributed by atoms with Crippen molar-refractivity contribution < 1.29 is 9.53 Å². The highest BCUT2D eigenvalue weighted by molar-refractivity contribution is 9.09. The third kappa shape index (κ3) is 4.44. The normalized spacial score (nSPS) is 10.3. The maximum Gasteiger partial charge on any atom is 0.255 e. The second kappa shape index (κ2) is 7.40. The van der Waals surface area contributed by atoms with Crippen molar-refractivity contribution in [2.24, 2.45) is 0 Å². The van der Waals surface area contributed by atoms with E-state index < -0.39 is 0 Å². The first-order valence-electron chi connectivity index (χ1n) is 5.45. The Hall–Kier alpha value is -0.940. The first-order chi connectivity index (χ1) is 8.19. The van der Waals surface area contributed by atoms with E-state index in [-0.39, 0.29) is 5.91 Å². The van der Waals surface area contributed by atoms with Crippen LogP contribution in [0, 0.1) is 6.92 Å². The van der Waals surface area contributed by atoms with Gasteiger partial charge in [0.25, 0.3) is 5.91 Å². The number of pyridine rings is 1. The Labute approximate surface area is 110 Å². The van der Waals surface area contributed by atoms with Gasteiger partial charge >= 0.3 is 0 Å². The molecule has 0 saturated carbocycles. The molecule has 0 aliphatic heterocycles. The van der Waals surface area contributed by atoms with Gasteiger partial charge in [-0.1, -0.05) is 15.9 Å². The molecule has 1 aromatic rings. The third-order valence-corrected chi connectivity index (χ3v) is 2.68. The van der Waals surface area contributed by atoms with Crippen molar-refractivity contribution in [3.63, 3.8) is 0 Å². The Morgan fingerprint density at radius 3 is 2.82 bits per heavy atom. The lowest BCUT2D eigenvalue weighted by Gasteiger charge is -2.21. The van der Waals surface area contributed by atoms with E-state index in [0.717, 1.165) is 10.9 Å². The number of carbonyl (C=O) groups is 1. The van der Waals surface area contributed by atoms with Crippen molar-refractivity contribution in [2.75, 3.05) is 32.1 Å². The van der Waals surface area contributed by atoms with Crippen LogP contribution in [0.5, 0.6) is 0 Å². The molecule has 0 atom stereocenters. The van der Waals surface area contributed by atoms with E-state index in [1.807, 2.05) is 13.0 Å². The first kappa shape index (κ1) is 14.1. The van der Waals surface area contributed by atoms with E-state index >= 15 is 0 Å². The summed E-state index contributed by atoms with van der Waals surface area (Å²) in [5.74, 6) is -0.00213. The molecular formula is C12H17BrN2O2. The van der Waals surface area contributed by atoms with Crippen LogP contribution in [0.1, 0.15) is 15.9 Å². The molecule has 94 valence electrons. The van der Waals surface area contributed by atoms with E-state index in [4.69, 9.17) is 4.74 Å². The van der Waals surface area contributed by atoms with Crippen molar-refractivity contribution in [2.45, 2.75) is 6.92 Å². The number of halogens is 1. The van der Waals surface area contributed by atoms with Crippen molar-refractivity contribution >= 4 is 21.8 Å². The minimum atomic E-state index is -0.00213. The van der Waals surface area contributed by atoms with Crippen LogP contribution in [0.4, 0.5) is 0 Å². The molecule has 1 amide bonds. The molecule has 1 heterocycles. The average molecular weight is 301 g/mol. The second-order valence-electron chi connectivity index (χ2n) is 3.72. The third-order valence-electron chi connectivity index (χ3n) is 2.33. The van der Waals surface area contributed by atoms with Crippen molar-refractivity contribution in [1.29, 1.82) is 0 Å². The first-order valence-corrected chi connectivity index (χ1v) is 6.57. The number of methoxy groups -OCH3 is 1. The van der Waals surface area contributed by atoms with Crippen LogP contribution < -0.4 is 0 Å². The lowest BCUT2D eigenvalue weighted by atomic mass is 10.2. The van der Waals surface area contributed by atoms with Crippen LogP contribution in [0.3, 0.4) is 0 Å². The molecule has 0 N–H and O–H groups in total. The smallest absolute Gasteiger partial charge is 0.255 e. The number of aromatic nitrogens is 1. The van der Waals surface area contributed by atoms with E-state index in [0.29, 0.717) is 25.3 Å². The summed E-state index contributed by atoms with van der Waals surface area (Å²) in [6.07, 6.45) is 3.34. The van der Waals surface area contributed by atoms with E-state index in [9.17, 15) is 4.79 Å².